The maximum absolute atomic E-state index is 13.3. The zero-order chi connectivity index (χ0) is 22.2. The standard InChI is InChI=1S/C27H28N2O3/c30-23-14-8-16-28-25(18-23)26(21-11-5-2-6-12-21)29-27(31)22-13-7-15-24(17-22)32-19-20-9-3-1-4-10-20/h1-6,8-12,14,16,18,22,24,26H,7,13,15,17,19H2,(H,29,31). The van der Waals surface area contributed by atoms with Gasteiger partial charge in [-0.05, 0) is 42.5 Å². The first-order valence-electron chi connectivity index (χ1n) is 11.2. The minimum absolute atomic E-state index is 0.0207. The van der Waals surface area contributed by atoms with E-state index in [0.717, 1.165) is 30.4 Å². The summed E-state index contributed by atoms with van der Waals surface area (Å²) in [5, 5.41) is 3.16. The van der Waals surface area contributed by atoms with Crippen molar-refractivity contribution in [2.75, 3.05) is 0 Å². The molecule has 32 heavy (non-hydrogen) atoms. The van der Waals surface area contributed by atoms with E-state index in [2.05, 4.69) is 22.4 Å². The van der Waals surface area contributed by atoms with Crippen LogP contribution < -0.4 is 10.7 Å². The van der Waals surface area contributed by atoms with Gasteiger partial charge < -0.3 is 10.1 Å². The fraction of sp³-hybridized carbons (Fsp3) is 0.296. The summed E-state index contributed by atoms with van der Waals surface area (Å²) in [6.07, 6.45) is 5.11. The van der Waals surface area contributed by atoms with Gasteiger partial charge in [-0.1, -0.05) is 67.1 Å². The summed E-state index contributed by atoms with van der Waals surface area (Å²) < 4.78 is 6.12. The number of hydrogen-bond donors (Lipinski definition) is 1. The quantitative estimate of drug-likeness (QED) is 0.605. The monoisotopic (exact) mass is 428 g/mol. The molecule has 1 aliphatic rings. The number of rotatable bonds is 7. The molecule has 0 aliphatic heterocycles. The predicted octanol–water partition coefficient (Wildman–Crippen LogP) is 4.42. The lowest BCUT2D eigenvalue weighted by atomic mass is 9.86. The summed E-state index contributed by atoms with van der Waals surface area (Å²) in [5.74, 6) is -0.146. The number of carbonyl (C=O) groups is 1. The van der Waals surface area contributed by atoms with E-state index in [-0.39, 0.29) is 23.4 Å². The predicted molar refractivity (Wildman–Crippen MR) is 124 cm³/mol. The van der Waals surface area contributed by atoms with Gasteiger partial charge in [-0.25, -0.2) is 0 Å². The third kappa shape index (κ3) is 5.89. The number of carbonyl (C=O) groups excluding carboxylic acids is 1. The fourth-order valence-electron chi connectivity index (χ4n) is 4.21. The molecule has 0 saturated heterocycles. The fourth-order valence-corrected chi connectivity index (χ4v) is 4.21. The molecule has 1 aliphatic carbocycles. The highest BCUT2D eigenvalue weighted by Gasteiger charge is 2.30. The lowest BCUT2D eigenvalue weighted by Crippen LogP contribution is -2.38. The Morgan fingerprint density at radius 3 is 2.53 bits per heavy atom. The largest absolute Gasteiger partial charge is 0.374 e. The van der Waals surface area contributed by atoms with Crippen LogP contribution in [-0.2, 0) is 16.1 Å². The van der Waals surface area contributed by atoms with Crippen LogP contribution in [0.5, 0.6) is 0 Å². The van der Waals surface area contributed by atoms with Gasteiger partial charge in [-0.3, -0.25) is 14.6 Å². The smallest absolute Gasteiger partial charge is 0.224 e. The van der Waals surface area contributed by atoms with Gasteiger partial charge in [-0.15, -0.1) is 0 Å². The molecule has 4 rings (SSSR count). The van der Waals surface area contributed by atoms with Crippen molar-refractivity contribution in [3.05, 3.63) is 112 Å². The highest BCUT2D eigenvalue weighted by atomic mass is 16.5. The Bertz CT molecular complexity index is 1070. The van der Waals surface area contributed by atoms with Gasteiger partial charge in [0.15, 0.2) is 5.43 Å². The molecule has 0 bridgehead atoms. The number of nitrogens with one attached hydrogen (secondary N) is 1. The van der Waals surface area contributed by atoms with Crippen LogP contribution in [0, 0.1) is 5.92 Å². The first-order chi connectivity index (χ1) is 15.7. The van der Waals surface area contributed by atoms with E-state index < -0.39 is 6.04 Å². The van der Waals surface area contributed by atoms with Crippen molar-refractivity contribution in [2.24, 2.45) is 5.92 Å². The molecule has 0 spiro atoms. The van der Waals surface area contributed by atoms with Crippen LogP contribution in [0.2, 0.25) is 0 Å². The van der Waals surface area contributed by atoms with E-state index in [1.165, 1.54) is 12.1 Å². The SMILES string of the molecule is O=C(NC(c1ccccc1)c1cc(=O)cccn1)C1CCCC(OCc2ccccc2)C1. The number of nitrogens with zero attached hydrogens (tertiary/aromatic N) is 1. The van der Waals surface area contributed by atoms with Crippen LogP contribution in [-0.4, -0.2) is 17.0 Å². The van der Waals surface area contributed by atoms with Gasteiger partial charge in [0, 0.05) is 18.2 Å². The van der Waals surface area contributed by atoms with Crippen LogP contribution in [0.1, 0.15) is 48.5 Å². The summed E-state index contributed by atoms with van der Waals surface area (Å²) in [7, 11) is 0. The van der Waals surface area contributed by atoms with Crippen molar-refractivity contribution < 1.29 is 9.53 Å². The van der Waals surface area contributed by atoms with Crippen molar-refractivity contribution in [3.63, 3.8) is 0 Å². The number of benzene rings is 2. The Hall–Kier alpha value is -3.31. The third-order valence-electron chi connectivity index (χ3n) is 5.90. The first kappa shape index (κ1) is 21.9. The lowest BCUT2D eigenvalue weighted by molar-refractivity contribution is -0.128. The van der Waals surface area contributed by atoms with Crippen LogP contribution in [0.25, 0.3) is 0 Å². The molecule has 1 aromatic heterocycles. The molecule has 5 heteroatoms. The second kappa shape index (κ2) is 10.8. The van der Waals surface area contributed by atoms with Crippen LogP contribution in [0.15, 0.2) is 89.9 Å². The van der Waals surface area contributed by atoms with Crippen LogP contribution in [0.4, 0.5) is 0 Å². The Balaban J connectivity index is 1.46. The van der Waals surface area contributed by atoms with Crippen molar-refractivity contribution in [3.8, 4) is 0 Å². The number of amides is 1. The molecule has 2 aromatic carbocycles. The van der Waals surface area contributed by atoms with Crippen molar-refractivity contribution in [1.82, 2.24) is 10.3 Å². The van der Waals surface area contributed by atoms with Gasteiger partial charge in [0.2, 0.25) is 5.91 Å². The Morgan fingerprint density at radius 1 is 1.00 bits per heavy atom. The molecule has 3 unspecified atom stereocenters. The zero-order valence-corrected chi connectivity index (χ0v) is 18.0. The van der Waals surface area contributed by atoms with Crippen LogP contribution in [0.3, 0.4) is 0 Å². The van der Waals surface area contributed by atoms with E-state index in [0.29, 0.717) is 18.7 Å². The van der Waals surface area contributed by atoms with E-state index in [4.69, 9.17) is 4.74 Å². The minimum Gasteiger partial charge on any atom is -0.374 e. The Kier molecular flexibility index (Phi) is 7.41. The van der Waals surface area contributed by atoms with Gasteiger partial charge >= 0.3 is 0 Å². The van der Waals surface area contributed by atoms with Gasteiger partial charge in [0.1, 0.15) is 0 Å². The molecule has 5 nitrogen and oxygen atoms in total. The minimum atomic E-state index is -0.477. The second-order valence-electron chi connectivity index (χ2n) is 8.24. The molecular weight excluding hydrogens is 400 g/mol. The number of hydrogen-bond acceptors (Lipinski definition) is 4. The molecule has 3 aromatic rings. The lowest BCUT2D eigenvalue weighted by Gasteiger charge is -2.30. The van der Waals surface area contributed by atoms with E-state index in [1.54, 1.807) is 12.3 Å². The molecule has 1 N–H and O–H groups in total. The normalized spacial score (nSPS) is 19.1. The van der Waals surface area contributed by atoms with E-state index in [1.807, 2.05) is 48.5 Å². The zero-order valence-electron chi connectivity index (χ0n) is 18.0. The highest BCUT2D eigenvalue weighted by Crippen LogP contribution is 2.29. The second-order valence-corrected chi connectivity index (χ2v) is 8.24. The highest BCUT2D eigenvalue weighted by molar-refractivity contribution is 5.79. The maximum Gasteiger partial charge on any atom is 0.224 e. The maximum atomic E-state index is 13.3. The van der Waals surface area contributed by atoms with Crippen molar-refractivity contribution >= 4 is 5.91 Å². The molecule has 1 heterocycles. The van der Waals surface area contributed by atoms with Crippen molar-refractivity contribution in [2.45, 2.75) is 44.4 Å². The average molecular weight is 429 g/mol. The third-order valence-corrected chi connectivity index (χ3v) is 5.90. The molecule has 164 valence electrons. The van der Waals surface area contributed by atoms with Gasteiger partial charge in [0.25, 0.3) is 0 Å². The number of ether oxygens (including phenoxy) is 1. The molecule has 1 amide bonds. The molecule has 0 radical (unpaired) electrons. The van der Waals surface area contributed by atoms with E-state index in [9.17, 15) is 9.59 Å². The van der Waals surface area contributed by atoms with E-state index >= 15 is 0 Å². The molecule has 1 saturated carbocycles. The van der Waals surface area contributed by atoms with Gasteiger partial charge in [-0.2, -0.15) is 0 Å². The molecule has 1 fully saturated rings. The topological polar surface area (TPSA) is 68.3 Å². The summed E-state index contributed by atoms with van der Waals surface area (Å²) in [5.41, 5.74) is 2.43. The first-order valence-corrected chi connectivity index (χ1v) is 11.2. The molecular formula is C27H28N2O3. The van der Waals surface area contributed by atoms with Crippen LogP contribution >= 0.6 is 0 Å². The molecule has 3 atom stereocenters. The van der Waals surface area contributed by atoms with Crippen molar-refractivity contribution in [1.29, 1.82) is 0 Å². The Morgan fingerprint density at radius 2 is 1.75 bits per heavy atom. The number of aromatic nitrogens is 1. The average Bonchev–Trinajstić information content (AvgIpc) is 3.06. The summed E-state index contributed by atoms with van der Waals surface area (Å²) >= 11 is 0. The summed E-state index contributed by atoms with van der Waals surface area (Å²) in [6.45, 7) is 0.559. The summed E-state index contributed by atoms with van der Waals surface area (Å²) in [6, 6.07) is 23.8. The van der Waals surface area contributed by atoms with Gasteiger partial charge in [0.05, 0.1) is 24.4 Å². The Labute approximate surface area is 188 Å². The summed E-state index contributed by atoms with van der Waals surface area (Å²) in [4.78, 5) is 29.8.